The molecule has 3 N–H and O–H groups in total. The molecule has 0 aromatic rings. The lowest BCUT2D eigenvalue weighted by Crippen LogP contribution is -2.30. The van der Waals surface area contributed by atoms with Gasteiger partial charge in [-0.1, -0.05) is 305 Å². The van der Waals surface area contributed by atoms with Gasteiger partial charge in [-0.2, -0.15) is 0 Å². The maximum atomic E-state index is 13.0. The van der Waals surface area contributed by atoms with Crippen molar-refractivity contribution in [3.63, 3.8) is 0 Å². The summed E-state index contributed by atoms with van der Waals surface area (Å²) >= 11 is 0. The Balaban J connectivity index is 5.26. The van der Waals surface area contributed by atoms with Crippen LogP contribution in [0.25, 0.3) is 0 Å². The molecule has 0 amide bonds. The zero-order valence-electron chi connectivity index (χ0n) is 58.6. The molecular weight excluding hydrogens is 1190 g/mol. The van der Waals surface area contributed by atoms with Crippen molar-refractivity contribution in [2.45, 2.75) is 375 Å². The fraction of sp³-hybridized carbons (Fsp3) is 0.944. The zero-order valence-corrected chi connectivity index (χ0v) is 60.4. The van der Waals surface area contributed by atoms with Crippen LogP contribution in [-0.4, -0.2) is 96.7 Å². The molecule has 0 heterocycles. The van der Waals surface area contributed by atoms with Crippen molar-refractivity contribution >= 4 is 39.5 Å². The largest absolute Gasteiger partial charge is 0.472 e. The van der Waals surface area contributed by atoms with Gasteiger partial charge in [0.05, 0.1) is 26.4 Å². The fourth-order valence-electron chi connectivity index (χ4n) is 10.7. The molecule has 0 saturated heterocycles. The maximum Gasteiger partial charge on any atom is 0.472 e. The highest BCUT2D eigenvalue weighted by Crippen LogP contribution is 2.45. The Morgan fingerprint density at radius 2 is 0.567 bits per heavy atom. The number of aliphatic hydroxyl groups is 1. The van der Waals surface area contributed by atoms with Gasteiger partial charge >= 0.3 is 39.5 Å². The normalized spacial score (nSPS) is 14.5. The Morgan fingerprint density at radius 1 is 0.322 bits per heavy atom. The number of rotatable bonds is 69. The monoisotopic (exact) mass is 1320 g/mol. The summed E-state index contributed by atoms with van der Waals surface area (Å²) in [7, 11) is -9.90. The number of hydrogen-bond acceptors (Lipinski definition) is 15. The molecule has 0 spiro atoms. The van der Waals surface area contributed by atoms with Gasteiger partial charge in [-0.05, 0) is 43.4 Å². The third-order valence-electron chi connectivity index (χ3n) is 16.7. The second-order valence-corrected chi connectivity index (χ2v) is 29.7. The van der Waals surface area contributed by atoms with Crippen LogP contribution in [0, 0.1) is 17.8 Å². The Morgan fingerprint density at radius 3 is 0.844 bits per heavy atom. The van der Waals surface area contributed by atoms with Gasteiger partial charge in [-0.25, -0.2) is 9.13 Å². The van der Waals surface area contributed by atoms with Crippen LogP contribution in [0.5, 0.6) is 0 Å². The number of esters is 4. The molecule has 0 aliphatic carbocycles. The lowest BCUT2D eigenvalue weighted by molar-refractivity contribution is -0.161. The Labute approximate surface area is 549 Å². The summed E-state index contributed by atoms with van der Waals surface area (Å²) in [6, 6.07) is 0. The number of hydrogen-bond donors (Lipinski definition) is 3. The van der Waals surface area contributed by atoms with Gasteiger partial charge in [0.2, 0.25) is 0 Å². The minimum Gasteiger partial charge on any atom is -0.462 e. The maximum absolute atomic E-state index is 13.0. The van der Waals surface area contributed by atoms with Crippen LogP contribution in [-0.2, 0) is 65.4 Å². The molecule has 0 aromatic carbocycles. The van der Waals surface area contributed by atoms with Gasteiger partial charge in [0.25, 0.3) is 0 Å². The Bertz CT molecular complexity index is 1770. The first-order chi connectivity index (χ1) is 43.3. The predicted octanol–water partition coefficient (Wildman–Crippen LogP) is 20.2. The smallest absolute Gasteiger partial charge is 0.462 e. The summed E-state index contributed by atoms with van der Waals surface area (Å²) in [5.74, 6) is 0.179. The minimum atomic E-state index is -4.95. The van der Waals surface area contributed by atoms with Gasteiger partial charge in [0.1, 0.15) is 19.3 Å². The minimum absolute atomic E-state index is 0.104. The summed E-state index contributed by atoms with van der Waals surface area (Å²) < 4.78 is 68.3. The van der Waals surface area contributed by atoms with E-state index >= 15 is 0 Å². The van der Waals surface area contributed by atoms with Gasteiger partial charge in [-0.15, -0.1) is 0 Å². The summed E-state index contributed by atoms with van der Waals surface area (Å²) in [4.78, 5) is 72.6. The standard InChI is InChI=1S/C71H138O17P2/c1-8-10-11-12-13-14-23-31-38-45-52-68(73)81-59-67(88-71(76)55-48-41-34-27-26-29-36-43-50-63(5)6)61-86-90(79,80)84-57-65(72)56-83-89(77,78)85-60-66(58-82-69(74)53-46-39-32-24-20-19-22-30-37-44-51-64(7)9-2)87-70(75)54-47-40-33-25-18-16-15-17-21-28-35-42-49-62(3)4/h62-67,72H,8-61H2,1-7H3,(H,77,78)(H,79,80)/t64?,65-,66-,67-/m1/s1. The van der Waals surface area contributed by atoms with Crippen molar-refractivity contribution in [2.75, 3.05) is 39.6 Å². The number of ether oxygens (including phenoxy) is 4. The molecule has 0 saturated carbocycles. The third-order valence-corrected chi connectivity index (χ3v) is 18.6. The van der Waals surface area contributed by atoms with Crippen molar-refractivity contribution in [3.05, 3.63) is 0 Å². The highest BCUT2D eigenvalue weighted by atomic mass is 31.2. The SMILES string of the molecule is CCCCCCCCCCCCC(=O)OC[C@H](COP(=O)(O)OC[C@H](O)COP(=O)(O)OC[C@@H](COC(=O)CCCCCCCCCCCCC(C)CC)OC(=O)CCCCCCCCCCCCCCC(C)C)OC(=O)CCCCCCCCCCC(C)C. The molecule has 6 atom stereocenters. The Kier molecular flexibility index (Phi) is 60.6. The van der Waals surface area contributed by atoms with Crippen LogP contribution in [0.15, 0.2) is 0 Å². The Hall–Kier alpha value is -1.94. The van der Waals surface area contributed by atoms with Crippen LogP contribution >= 0.6 is 15.6 Å². The second kappa shape index (κ2) is 61.9. The van der Waals surface area contributed by atoms with Crippen molar-refractivity contribution in [1.82, 2.24) is 0 Å². The zero-order chi connectivity index (χ0) is 66.6. The number of carbonyl (C=O) groups excluding carboxylic acids is 4. The van der Waals surface area contributed by atoms with Crippen molar-refractivity contribution in [3.8, 4) is 0 Å². The number of carbonyl (C=O) groups is 4. The van der Waals surface area contributed by atoms with E-state index in [2.05, 4.69) is 48.5 Å². The van der Waals surface area contributed by atoms with Gasteiger partial charge in [0.15, 0.2) is 12.2 Å². The van der Waals surface area contributed by atoms with E-state index in [4.69, 9.17) is 37.0 Å². The number of unbranched alkanes of at least 4 members (excludes halogenated alkanes) is 36. The van der Waals surface area contributed by atoms with Crippen LogP contribution in [0.1, 0.15) is 357 Å². The molecule has 0 aliphatic rings. The molecule has 0 aliphatic heterocycles. The second-order valence-electron chi connectivity index (χ2n) is 26.8. The van der Waals surface area contributed by atoms with Crippen molar-refractivity contribution in [2.24, 2.45) is 17.8 Å². The van der Waals surface area contributed by atoms with Crippen LogP contribution in [0.4, 0.5) is 0 Å². The molecule has 17 nitrogen and oxygen atoms in total. The number of phosphoric ester groups is 2. The molecule has 534 valence electrons. The molecule has 0 bridgehead atoms. The third kappa shape index (κ3) is 63.5. The van der Waals surface area contributed by atoms with E-state index < -0.39 is 97.5 Å². The molecule has 19 heteroatoms. The van der Waals surface area contributed by atoms with Crippen molar-refractivity contribution in [1.29, 1.82) is 0 Å². The van der Waals surface area contributed by atoms with E-state index in [0.717, 1.165) is 108 Å². The molecule has 0 rings (SSSR count). The van der Waals surface area contributed by atoms with E-state index in [0.29, 0.717) is 25.7 Å². The van der Waals surface area contributed by atoms with Crippen LogP contribution < -0.4 is 0 Å². The first-order valence-corrected chi connectivity index (χ1v) is 39.9. The molecule has 90 heavy (non-hydrogen) atoms. The van der Waals surface area contributed by atoms with Crippen molar-refractivity contribution < 1.29 is 80.2 Å². The lowest BCUT2D eigenvalue weighted by Gasteiger charge is -2.21. The molecule has 3 unspecified atom stereocenters. The van der Waals surface area contributed by atoms with Gasteiger partial charge in [-0.3, -0.25) is 37.3 Å². The molecule has 0 fully saturated rings. The predicted molar refractivity (Wildman–Crippen MR) is 363 cm³/mol. The first kappa shape index (κ1) is 88.1. The number of aliphatic hydroxyl groups excluding tert-OH is 1. The topological polar surface area (TPSA) is 237 Å². The molecule has 0 aromatic heterocycles. The highest BCUT2D eigenvalue weighted by Gasteiger charge is 2.30. The summed E-state index contributed by atoms with van der Waals surface area (Å²) in [5, 5.41) is 10.6. The highest BCUT2D eigenvalue weighted by molar-refractivity contribution is 7.47. The van der Waals surface area contributed by atoms with E-state index in [1.807, 2.05) is 0 Å². The first-order valence-electron chi connectivity index (χ1n) is 36.9. The summed E-state index contributed by atoms with van der Waals surface area (Å²) in [5.41, 5.74) is 0. The van der Waals surface area contributed by atoms with E-state index in [1.54, 1.807) is 0 Å². The molecular formula is C71H138O17P2. The lowest BCUT2D eigenvalue weighted by atomic mass is 9.99. The average Bonchev–Trinajstić information content (AvgIpc) is 3.65. The van der Waals surface area contributed by atoms with E-state index in [1.165, 1.54) is 167 Å². The van der Waals surface area contributed by atoms with Gasteiger partial charge in [0, 0.05) is 25.7 Å². The van der Waals surface area contributed by atoms with Crippen LogP contribution in [0.3, 0.4) is 0 Å². The molecule has 0 radical (unpaired) electrons. The van der Waals surface area contributed by atoms with E-state index in [9.17, 15) is 43.2 Å². The fourth-order valence-corrected chi connectivity index (χ4v) is 12.3. The quantitative estimate of drug-likeness (QED) is 0.0222. The average molecular weight is 1330 g/mol. The van der Waals surface area contributed by atoms with E-state index in [-0.39, 0.29) is 25.7 Å². The summed E-state index contributed by atoms with van der Waals surface area (Å²) in [6.45, 7) is 11.8. The van der Waals surface area contributed by atoms with Crippen LogP contribution in [0.2, 0.25) is 0 Å². The van der Waals surface area contributed by atoms with Gasteiger partial charge < -0.3 is 33.8 Å². The number of phosphoric acid groups is 2. The summed E-state index contributed by atoms with van der Waals surface area (Å²) in [6.07, 6.45) is 45.7.